The minimum Gasteiger partial charge on any atom is -0.314 e. The maximum Gasteiger partial charge on any atom is 0.391 e. The van der Waals surface area contributed by atoms with Crippen molar-refractivity contribution in [3.05, 3.63) is 0 Å². The lowest BCUT2D eigenvalue weighted by Gasteiger charge is -2.15. The zero-order valence-corrected chi connectivity index (χ0v) is 7.12. The molecule has 1 saturated carbocycles. The van der Waals surface area contributed by atoms with Crippen molar-refractivity contribution in [3.63, 3.8) is 0 Å². The predicted octanol–water partition coefficient (Wildman–Crippen LogP) is 2.33. The molecule has 72 valence electrons. The molecule has 1 aliphatic rings. The van der Waals surface area contributed by atoms with Gasteiger partial charge in [0, 0.05) is 6.04 Å². The summed E-state index contributed by atoms with van der Waals surface area (Å²) >= 11 is 0. The highest BCUT2D eigenvalue weighted by molar-refractivity contribution is 4.81. The van der Waals surface area contributed by atoms with Gasteiger partial charge < -0.3 is 5.32 Å². The molecule has 0 aromatic carbocycles. The average Bonchev–Trinajstić information content (AvgIpc) is 2.69. The van der Waals surface area contributed by atoms with Crippen molar-refractivity contribution in [1.82, 2.24) is 5.32 Å². The first-order valence-electron chi connectivity index (χ1n) is 4.30. The smallest absolute Gasteiger partial charge is 0.314 e. The van der Waals surface area contributed by atoms with Crippen LogP contribution >= 0.6 is 0 Å². The van der Waals surface area contributed by atoms with Gasteiger partial charge in [-0.05, 0) is 25.8 Å². The van der Waals surface area contributed by atoms with Gasteiger partial charge in [0.1, 0.15) is 0 Å². The Hall–Kier alpha value is -0.250. The summed E-state index contributed by atoms with van der Waals surface area (Å²) in [4.78, 5) is 0. The Kier molecular flexibility index (Phi) is 2.99. The number of hydrogen-bond donors (Lipinski definition) is 1. The third-order valence-corrected chi connectivity index (χ3v) is 2.15. The van der Waals surface area contributed by atoms with Crippen LogP contribution in [-0.4, -0.2) is 18.8 Å². The van der Waals surface area contributed by atoms with E-state index >= 15 is 0 Å². The van der Waals surface area contributed by atoms with Gasteiger partial charge >= 0.3 is 6.18 Å². The highest BCUT2D eigenvalue weighted by Gasteiger charge is 2.35. The summed E-state index contributed by atoms with van der Waals surface area (Å²) in [6, 6.07) is 0.505. The van der Waals surface area contributed by atoms with Crippen LogP contribution in [0, 0.1) is 5.92 Å². The Bertz CT molecular complexity index is 140. The standard InChI is InChI=1S/C8H14F3N/c1-6(8(9,10)11)4-5-12-7-2-3-7/h6-7,12H,2-5H2,1H3. The van der Waals surface area contributed by atoms with Crippen molar-refractivity contribution >= 4 is 0 Å². The Morgan fingerprint density at radius 2 is 2.00 bits per heavy atom. The van der Waals surface area contributed by atoms with Crippen molar-refractivity contribution in [3.8, 4) is 0 Å². The molecule has 1 nitrogen and oxygen atoms in total. The molecular formula is C8H14F3N. The monoisotopic (exact) mass is 181 g/mol. The van der Waals surface area contributed by atoms with Crippen LogP contribution in [0.4, 0.5) is 13.2 Å². The first-order valence-corrected chi connectivity index (χ1v) is 4.30. The third-order valence-electron chi connectivity index (χ3n) is 2.15. The van der Waals surface area contributed by atoms with Crippen LogP contribution < -0.4 is 5.32 Å². The number of rotatable bonds is 4. The summed E-state index contributed by atoms with van der Waals surface area (Å²) in [5, 5.41) is 3.06. The van der Waals surface area contributed by atoms with Gasteiger partial charge in [-0.1, -0.05) is 6.92 Å². The van der Waals surface area contributed by atoms with E-state index in [1.807, 2.05) is 0 Å². The third kappa shape index (κ3) is 3.43. The maximum absolute atomic E-state index is 12.0. The molecule has 0 aromatic rings. The van der Waals surface area contributed by atoms with Crippen LogP contribution in [0.25, 0.3) is 0 Å². The fourth-order valence-corrected chi connectivity index (χ4v) is 0.955. The number of halogens is 3. The topological polar surface area (TPSA) is 12.0 Å². The van der Waals surface area contributed by atoms with Gasteiger partial charge in [0.25, 0.3) is 0 Å². The summed E-state index contributed by atoms with van der Waals surface area (Å²) in [5.41, 5.74) is 0. The molecule has 0 saturated heterocycles. The zero-order valence-electron chi connectivity index (χ0n) is 7.12. The molecule has 12 heavy (non-hydrogen) atoms. The van der Waals surface area contributed by atoms with Gasteiger partial charge in [-0.25, -0.2) is 0 Å². The lowest BCUT2D eigenvalue weighted by molar-refractivity contribution is -0.170. The second-order valence-corrected chi connectivity index (χ2v) is 3.46. The van der Waals surface area contributed by atoms with Crippen molar-refractivity contribution in [1.29, 1.82) is 0 Å². The van der Waals surface area contributed by atoms with Crippen molar-refractivity contribution in [2.45, 2.75) is 38.4 Å². The summed E-state index contributed by atoms with van der Waals surface area (Å²) < 4.78 is 35.9. The number of alkyl halides is 3. The van der Waals surface area contributed by atoms with E-state index in [9.17, 15) is 13.2 Å². The first kappa shape index (κ1) is 9.84. The van der Waals surface area contributed by atoms with Crippen LogP contribution in [0.15, 0.2) is 0 Å². The normalized spacial score (nSPS) is 21.0. The lowest BCUT2D eigenvalue weighted by atomic mass is 10.1. The van der Waals surface area contributed by atoms with E-state index in [0.29, 0.717) is 12.6 Å². The Morgan fingerprint density at radius 3 is 2.42 bits per heavy atom. The Balaban J connectivity index is 2.04. The van der Waals surface area contributed by atoms with Crippen molar-refractivity contribution < 1.29 is 13.2 Å². The van der Waals surface area contributed by atoms with Crippen molar-refractivity contribution in [2.75, 3.05) is 6.54 Å². The molecule has 1 fully saturated rings. The highest BCUT2D eigenvalue weighted by Crippen LogP contribution is 2.28. The van der Waals surface area contributed by atoms with Gasteiger partial charge in [-0.3, -0.25) is 0 Å². The largest absolute Gasteiger partial charge is 0.391 e. The van der Waals surface area contributed by atoms with E-state index in [2.05, 4.69) is 5.32 Å². The molecule has 0 aliphatic heterocycles. The van der Waals surface area contributed by atoms with E-state index in [1.165, 1.54) is 6.92 Å². The van der Waals surface area contributed by atoms with Crippen molar-refractivity contribution in [2.24, 2.45) is 5.92 Å². The molecule has 0 radical (unpaired) electrons. The first-order chi connectivity index (χ1) is 5.50. The second-order valence-electron chi connectivity index (χ2n) is 3.46. The van der Waals surface area contributed by atoms with E-state index in [4.69, 9.17) is 0 Å². The second kappa shape index (κ2) is 3.64. The van der Waals surface area contributed by atoms with Crippen LogP contribution in [0.3, 0.4) is 0 Å². The van der Waals surface area contributed by atoms with Gasteiger partial charge in [-0.15, -0.1) is 0 Å². The Labute approximate surface area is 70.3 Å². The number of hydrogen-bond acceptors (Lipinski definition) is 1. The van der Waals surface area contributed by atoms with Crippen LogP contribution in [0.2, 0.25) is 0 Å². The van der Waals surface area contributed by atoms with Gasteiger partial charge in [0.15, 0.2) is 0 Å². The fraction of sp³-hybridized carbons (Fsp3) is 1.00. The van der Waals surface area contributed by atoms with Crippen LogP contribution in [0.5, 0.6) is 0 Å². The molecule has 4 heteroatoms. The molecular weight excluding hydrogens is 167 g/mol. The van der Waals surface area contributed by atoms with E-state index in [1.54, 1.807) is 0 Å². The molecule has 1 atom stereocenters. The predicted molar refractivity (Wildman–Crippen MR) is 40.9 cm³/mol. The van der Waals surface area contributed by atoms with E-state index in [-0.39, 0.29) is 6.42 Å². The molecule has 1 rings (SSSR count). The van der Waals surface area contributed by atoms with E-state index in [0.717, 1.165) is 12.8 Å². The molecule has 0 spiro atoms. The van der Waals surface area contributed by atoms with Gasteiger partial charge in [-0.2, -0.15) is 13.2 Å². The van der Waals surface area contributed by atoms with Gasteiger partial charge in [0.05, 0.1) is 5.92 Å². The lowest BCUT2D eigenvalue weighted by Crippen LogP contribution is -2.26. The SMILES string of the molecule is CC(CCNC1CC1)C(F)(F)F. The minimum absolute atomic E-state index is 0.194. The molecule has 0 aromatic heterocycles. The van der Waals surface area contributed by atoms with Crippen LogP contribution in [0.1, 0.15) is 26.2 Å². The maximum atomic E-state index is 12.0. The summed E-state index contributed by atoms with van der Waals surface area (Å²) in [6.45, 7) is 1.72. The van der Waals surface area contributed by atoms with Crippen LogP contribution in [-0.2, 0) is 0 Å². The Morgan fingerprint density at radius 1 is 1.42 bits per heavy atom. The molecule has 0 heterocycles. The molecule has 1 aliphatic carbocycles. The summed E-state index contributed by atoms with van der Waals surface area (Å²) in [6.07, 6.45) is -1.58. The summed E-state index contributed by atoms with van der Waals surface area (Å²) in [5.74, 6) is -1.18. The molecule has 0 amide bonds. The highest BCUT2D eigenvalue weighted by atomic mass is 19.4. The zero-order chi connectivity index (χ0) is 9.19. The molecule has 1 unspecified atom stereocenters. The summed E-state index contributed by atoms with van der Waals surface area (Å²) in [7, 11) is 0. The quantitative estimate of drug-likeness (QED) is 0.701. The fourth-order valence-electron chi connectivity index (χ4n) is 0.955. The minimum atomic E-state index is -4.02. The molecule has 0 bridgehead atoms. The molecule has 1 N–H and O–H groups in total. The van der Waals surface area contributed by atoms with E-state index < -0.39 is 12.1 Å². The average molecular weight is 181 g/mol. The van der Waals surface area contributed by atoms with Gasteiger partial charge in [0.2, 0.25) is 0 Å². The number of nitrogens with one attached hydrogen (secondary N) is 1.